The van der Waals surface area contributed by atoms with E-state index in [-0.39, 0.29) is 0 Å². The van der Waals surface area contributed by atoms with Gasteiger partial charge in [-0.05, 0) is 37.2 Å². The van der Waals surface area contributed by atoms with Crippen LogP contribution in [0.15, 0.2) is 18.2 Å². The zero-order valence-corrected chi connectivity index (χ0v) is 10.0. The number of anilines is 1. The SMILES string of the molecule is CC.Cc1cccc(C)c1NC(N)=S. The number of nitrogens with one attached hydrogen (secondary N) is 1. The second-order valence-corrected chi connectivity index (χ2v) is 3.20. The minimum atomic E-state index is 0.312. The molecule has 14 heavy (non-hydrogen) atoms. The minimum Gasteiger partial charge on any atom is -0.376 e. The Kier molecular flexibility index (Phi) is 5.88. The molecule has 0 spiro atoms. The molecule has 0 saturated heterocycles. The highest BCUT2D eigenvalue weighted by atomic mass is 32.1. The van der Waals surface area contributed by atoms with Crippen molar-refractivity contribution in [1.29, 1.82) is 0 Å². The van der Waals surface area contributed by atoms with Crippen LogP contribution in [0.2, 0.25) is 0 Å². The van der Waals surface area contributed by atoms with Crippen molar-refractivity contribution in [3.8, 4) is 0 Å². The molecule has 0 radical (unpaired) electrons. The molecule has 0 aromatic heterocycles. The molecule has 0 bridgehead atoms. The van der Waals surface area contributed by atoms with Crippen LogP contribution >= 0.6 is 12.2 Å². The number of aryl methyl sites for hydroxylation is 2. The monoisotopic (exact) mass is 210 g/mol. The first-order chi connectivity index (χ1) is 6.61. The fraction of sp³-hybridized carbons (Fsp3) is 0.364. The summed E-state index contributed by atoms with van der Waals surface area (Å²) in [6.45, 7) is 8.04. The number of hydrogen-bond acceptors (Lipinski definition) is 1. The lowest BCUT2D eigenvalue weighted by Crippen LogP contribution is -2.20. The summed E-state index contributed by atoms with van der Waals surface area (Å²) in [7, 11) is 0. The molecular weight excluding hydrogens is 192 g/mol. The lowest BCUT2D eigenvalue weighted by molar-refractivity contribution is 1.37. The number of benzene rings is 1. The Morgan fingerprint density at radius 3 is 2.00 bits per heavy atom. The van der Waals surface area contributed by atoms with Crippen LogP contribution in [-0.2, 0) is 0 Å². The van der Waals surface area contributed by atoms with Gasteiger partial charge >= 0.3 is 0 Å². The van der Waals surface area contributed by atoms with Crippen LogP contribution < -0.4 is 11.1 Å². The number of nitrogens with two attached hydrogens (primary N) is 1. The molecule has 0 unspecified atom stereocenters. The quantitative estimate of drug-likeness (QED) is 0.700. The van der Waals surface area contributed by atoms with Gasteiger partial charge in [0.2, 0.25) is 0 Å². The van der Waals surface area contributed by atoms with Crippen LogP contribution in [0.25, 0.3) is 0 Å². The summed E-state index contributed by atoms with van der Waals surface area (Å²) < 4.78 is 0. The van der Waals surface area contributed by atoms with Gasteiger partial charge in [0.1, 0.15) is 0 Å². The molecule has 1 rings (SSSR count). The Balaban J connectivity index is 0.000000791. The number of thiocarbonyl (C=S) groups is 1. The Bertz CT molecular complexity index is 288. The molecule has 2 nitrogen and oxygen atoms in total. The first-order valence-electron chi connectivity index (χ1n) is 4.74. The molecule has 0 fully saturated rings. The summed E-state index contributed by atoms with van der Waals surface area (Å²) in [5.74, 6) is 0. The Morgan fingerprint density at radius 2 is 1.64 bits per heavy atom. The van der Waals surface area contributed by atoms with Crippen molar-refractivity contribution in [2.75, 3.05) is 5.32 Å². The zero-order valence-electron chi connectivity index (χ0n) is 9.22. The highest BCUT2D eigenvalue weighted by Crippen LogP contribution is 2.18. The van der Waals surface area contributed by atoms with Crippen molar-refractivity contribution in [3.63, 3.8) is 0 Å². The standard InChI is InChI=1S/C9H12N2S.C2H6/c1-6-4-3-5-7(2)8(6)11-9(10)12;1-2/h3-5H,1-2H3,(H3,10,11,12);1-2H3. The first-order valence-corrected chi connectivity index (χ1v) is 5.15. The van der Waals surface area contributed by atoms with Gasteiger partial charge in [-0.1, -0.05) is 32.0 Å². The van der Waals surface area contributed by atoms with Crippen LogP contribution in [0.1, 0.15) is 25.0 Å². The highest BCUT2D eigenvalue weighted by molar-refractivity contribution is 7.80. The number of para-hydroxylation sites is 1. The largest absolute Gasteiger partial charge is 0.376 e. The molecular formula is C11H18N2S. The van der Waals surface area contributed by atoms with Gasteiger partial charge in [-0.2, -0.15) is 0 Å². The molecule has 1 aromatic carbocycles. The predicted octanol–water partition coefficient (Wildman–Crippen LogP) is 2.99. The molecule has 0 atom stereocenters. The molecule has 0 saturated carbocycles. The van der Waals surface area contributed by atoms with Crippen molar-refractivity contribution in [2.45, 2.75) is 27.7 Å². The molecule has 0 aliphatic carbocycles. The molecule has 0 heterocycles. The summed E-state index contributed by atoms with van der Waals surface area (Å²) in [6, 6.07) is 6.05. The van der Waals surface area contributed by atoms with Gasteiger partial charge in [-0.25, -0.2) is 0 Å². The number of rotatable bonds is 1. The maximum atomic E-state index is 5.38. The third-order valence-electron chi connectivity index (χ3n) is 1.73. The zero-order chi connectivity index (χ0) is 11.1. The number of hydrogen-bond donors (Lipinski definition) is 2. The second kappa shape index (κ2) is 6.38. The Morgan fingerprint density at radius 1 is 1.21 bits per heavy atom. The second-order valence-electron chi connectivity index (χ2n) is 2.76. The predicted molar refractivity (Wildman–Crippen MR) is 67.7 cm³/mol. The van der Waals surface area contributed by atoms with Gasteiger partial charge in [-0.15, -0.1) is 0 Å². The molecule has 1 aromatic rings. The molecule has 3 heteroatoms. The third kappa shape index (κ3) is 3.75. The van der Waals surface area contributed by atoms with E-state index in [1.165, 1.54) is 0 Å². The summed E-state index contributed by atoms with van der Waals surface area (Å²) >= 11 is 4.76. The molecule has 3 N–H and O–H groups in total. The van der Waals surface area contributed by atoms with Gasteiger partial charge in [-0.3, -0.25) is 0 Å². The van der Waals surface area contributed by atoms with Crippen molar-refractivity contribution in [2.24, 2.45) is 5.73 Å². The normalized spacial score (nSPS) is 8.57. The van der Waals surface area contributed by atoms with Gasteiger partial charge in [0.15, 0.2) is 5.11 Å². The van der Waals surface area contributed by atoms with E-state index in [0.717, 1.165) is 16.8 Å². The van der Waals surface area contributed by atoms with E-state index in [4.69, 9.17) is 18.0 Å². The Hall–Kier alpha value is -1.09. The summed E-state index contributed by atoms with van der Waals surface area (Å²) in [5.41, 5.74) is 8.71. The van der Waals surface area contributed by atoms with Crippen LogP contribution in [0.3, 0.4) is 0 Å². The minimum absolute atomic E-state index is 0.312. The van der Waals surface area contributed by atoms with Crippen molar-refractivity contribution >= 4 is 23.0 Å². The fourth-order valence-electron chi connectivity index (χ4n) is 1.13. The van der Waals surface area contributed by atoms with Crippen LogP contribution in [0, 0.1) is 13.8 Å². The van der Waals surface area contributed by atoms with E-state index >= 15 is 0 Å². The average molecular weight is 210 g/mol. The van der Waals surface area contributed by atoms with Gasteiger partial charge < -0.3 is 11.1 Å². The van der Waals surface area contributed by atoms with Crippen molar-refractivity contribution < 1.29 is 0 Å². The van der Waals surface area contributed by atoms with E-state index < -0.39 is 0 Å². The van der Waals surface area contributed by atoms with E-state index in [1.807, 2.05) is 45.9 Å². The highest BCUT2D eigenvalue weighted by Gasteiger charge is 2.00. The van der Waals surface area contributed by atoms with Gasteiger partial charge in [0, 0.05) is 5.69 Å². The lowest BCUT2D eigenvalue weighted by atomic mass is 10.1. The van der Waals surface area contributed by atoms with Gasteiger partial charge in [0.05, 0.1) is 0 Å². The summed E-state index contributed by atoms with van der Waals surface area (Å²) in [4.78, 5) is 0. The van der Waals surface area contributed by atoms with E-state index in [9.17, 15) is 0 Å². The topological polar surface area (TPSA) is 38.0 Å². The maximum Gasteiger partial charge on any atom is 0.168 e. The summed E-state index contributed by atoms with van der Waals surface area (Å²) in [6.07, 6.45) is 0. The molecule has 0 aliphatic rings. The average Bonchev–Trinajstić information content (AvgIpc) is 2.15. The summed E-state index contributed by atoms with van der Waals surface area (Å²) in [5, 5.41) is 3.26. The van der Waals surface area contributed by atoms with Crippen LogP contribution in [0.5, 0.6) is 0 Å². The Labute approximate surface area is 91.5 Å². The first kappa shape index (κ1) is 12.9. The third-order valence-corrected chi connectivity index (χ3v) is 1.83. The lowest BCUT2D eigenvalue weighted by Gasteiger charge is -2.10. The van der Waals surface area contributed by atoms with Crippen LogP contribution in [-0.4, -0.2) is 5.11 Å². The van der Waals surface area contributed by atoms with Crippen molar-refractivity contribution in [3.05, 3.63) is 29.3 Å². The van der Waals surface area contributed by atoms with E-state index in [2.05, 4.69) is 5.32 Å². The van der Waals surface area contributed by atoms with E-state index in [0.29, 0.717) is 5.11 Å². The molecule has 0 amide bonds. The van der Waals surface area contributed by atoms with Crippen molar-refractivity contribution in [1.82, 2.24) is 0 Å². The molecule has 0 aliphatic heterocycles. The maximum absolute atomic E-state index is 5.38. The van der Waals surface area contributed by atoms with Crippen LogP contribution in [0.4, 0.5) is 5.69 Å². The molecule has 78 valence electrons. The van der Waals surface area contributed by atoms with E-state index in [1.54, 1.807) is 0 Å². The fourth-order valence-corrected chi connectivity index (χ4v) is 1.24. The van der Waals surface area contributed by atoms with Gasteiger partial charge in [0.25, 0.3) is 0 Å². The smallest absolute Gasteiger partial charge is 0.168 e.